The van der Waals surface area contributed by atoms with Gasteiger partial charge in [0.25, 0.3) is 0 Å². The van der Waals surface area contributed by atoms with Crippen molar-refractivity contribution in [2.45, 2.75) is 25.8 Å². The van der Waals surface area contributed by atoms with Crippen molar-refractivity contribution in [3.8, 4) is 0 Å². The van der Waals surface area contributed by atoms with E-state index in [0.29, 0.717) is 19.1 Å². The third-order valence-corrected chi connectivity index (χ3v) is 4.11. The molecule has 2 heterocycles. The molecule has 0 radical (unpaired) electrons. The lowest BCUT2D eigenvalue weighted by atomic mass is 9.87. The highest BCUT2D eigenvalue weighted by atomic mass is 16.5. The zero-order valence-electron chi connectivity index (χ0n) is 10.8. The van der Waals surface area contributed by atoms with Crippen molar-refractivity contribution >= 4 is 0 Å². The summed E-state index contributed by atoms with van der Waals surface area (Å²) in [7, 11) is 0. The van der Waals surface area contributed by atoms with Crippen LogP contribution in [0.5, 0.6) is 0 Å². The van der Waals surface area contributed by atoms with Gasteiger partial charge in [-0.05, 0) is 24.5 Å². The highest BCUT2D eigenvalue weighted by Gasteiger charge is 2.38. The number of hydrogen-bond donors (Lipinski definition) is 2. The minimum Gasteiger partial charge on any atom is -0.464 e. The van der Waals surface area contributed by atoms with Gasteiger partial charge < -0.3 is 19.6 Å². The van der Waals surface area contributed by atoms with Gasteiger partial charge in [-0.2, -0.15) is 0 Å². The maximum absolute atomic E-state index is 9.30. The van der Waals surface area contributed by atoms with Gasteiger partial charge in [-0.3, -0.25) is 0 Å². The quantitative estimate of drug-likeness (QED) is 0.804. The average Bonchev–Trinajstić information content (AvgIpc) is 2.88. The van der Waals surface area contributed by atoms with E-state index >= 15 is 0 Å². The molecular weight excluding hydrogens is 230 g/mol. The lowest BCUT2D eigenvalue weighted by molar-refractivity contribution is -0.134. The molecule has 100 valence electrons. The molecule has 18 heavy (non-hydrogen) atoms. The number of hydrogen-bond acceptors (Lipinski definition) is 4. The average molecular weight is 251 g/mol. The SMILES string of the molecule is C[C@@H]1C[C@@H]1c1ccc(CNCC2(CO)COC2)o1. The Kier molecular flexibility index (Phi) is 3.18. The molecule has 2 atom stereocenters. The highest BCUT2D eigenvalue weighted by molar-refractivity contribution is 5.17. The Morgan fingerprint density at radius 2 is 2.22 bits per heavy atom. The Hall–Kier alpha value is -0.840. The number of nitrogens with one attached hydrogen (secondary N) is 1. The van der Waals surface area contributed by atoms with Crippen LogP contribution in [0.4, 0.5) is 0 Å². The summed E-state index contributed by atoms with van der Waals surface area (Å²) in [6.07, 6.45) is 1.26. The van der Waals surface area contributed by atoms with Crippen LogP contribution in [0.3, 0.4) is 0 Å². The van der Waals surface area contributed by atoms with Crippen molar-refractivity contribution in [2.75, 3.05) is 26.4 Å². The summed E-state index contributed by atoms with van der Waals surface area (Å²) in [5.74, 6) is 3.53. The molecule has 4 heteroatoms. The zero-order chi connectivity index (χ0) is 12.6. The van der Waals surface area contributed by atoms with Gasteiger partial charge in [0.1, 0.15) is 11.5 Å². The first kappa shape index (κ1) is 12.2. The summed E-state index contributed by atoms with van der Waals surface area (Å²) in [4.78, 5) is 0. The molecule has 0 aromatic carbocycles. The summed E-state index contributed by atoms with van der Waals surface area (Å²) < 4.78 is 11.0. The molecular formula is C14H21NO3. The van der Waals surface area contributed by atoms with Gasteiger partial charge in [0.15, 0.2) is 0 Å². The summed E-state index contributed by atoms with van der Waals surface area (Å²) in [5, 5.41) is 12.7. The van der Waals surface area contributed by atoms with E-state index in [4.69, 9.17) is 9.15 Å². The van der Waals surface area contributed by atoms with Crippen LogP contribution in [-0.4, -0.2) is 31.5 Å². The third kappa shape index (κ3) is 2.32. The summed E-state index contributed by atoms with van der Waals surface area (Å²) >= 11 is 0. The molecule has 2 N–H and O–H groups in total. The van der Waals surface area contributed by atoms with Gasteiger partial charge in [0.05, 0.1) is 31.8 Å². The standard InChI is InChI=1S/C14H21NO3/c1-10-4-12(10)13-3-2-11(18-13)5-15-6-14(7-16)8-17-9-14/h2-3,10,12,15-16H,4-9H2,1H3/t10-,12+/m1/s1. The Morgan fingerprint density at radius 3 is 2.78 bits per heavy atom. The monoisotopic (exact) mass is 251 g/mol. The van der Waals surface area contributed by atoms with E-state index in [9.17, 15) is 5.11 Å². The van der Waals surface area contributed by atoms with Crippen molar-refractivity contribution in [2.24, 2.45) is 11.3 Å². The second-order valence-corrected chi connectivity index (χ2v) is 5.88. The maximum Gasteiger partial charge on any atom is 0.117 e. The number of aliphatic hydroxyl groups is 1. The van der Waals surface area contributed by atoms with Gasteiger partial charge >= 0.3 is 0 Å². The second-order valence-electron chi connectivity index (χ2n) is 5.88. The molecule has 4 nitrogen and oxygen atoms in total. The van der Waals surface area contributed by atoms with Crippen LogP contribution in [0.25, 0.3) is 0 Å². The van der Waals surface area contributed by atoms with Crippen LogP contribution < -0.4 is 5.32 Å². The predicted octanol–water partition coefficient (Wildman–Crippen LogP) is 1.50. The zero-order valence-corrected chi connectivity index (χ0v) is 10.8. The van der Waals surface area contributed by atoms with E-state index in [-0.39, 0.29) is 12.0 Å². The first-order valence-electron chi connectivity index (χ1n) is 6.70. The van der Waals surface area contributed by atoms with Crippen LogP contribution in [0.15, 0.2) is 16.5 Å². The van der Waals surface area contributed by atoms with Crippen molar-refractivity contribution < 1.29 is 14.3 Å². The molecule has 1 saturated carbocycles. The fraction of sp³-hybridized carbons (Fsp3) is 0.714. The number of aliphatic hydroxyl groups excluding tert-OH is 1. The van der Waals surface area contributed by atoms with E-state index in [1.807, 2.05) is 0 Å². The molecule has 0 unspecified atom stereocenters. The first-order chi connectivity index (χ1) is 8.72. The van der Waals surface area contributed by atoms with Crippen LogP contribution in [0.2, 0.25) is 0 Å². The fourth-order valence-electron chi connectivity index (χ4n) is 2.50. The Labute approximate surface area is 107 Å². The summed E-state index contributed by atoms with van der Waals surface area (Å²) in [6.45, 7) is 5.25. The van der Waals surface area contributed by atoms with E-state index < -0.39 is 0 Å². The number of ether oxygens (including phenoxy) is 1. The van der Waals surface area contributed by atoms with E-state index in [0.717, 1.165) is 30.5 Å². The molecule has 1 saturated heterocycles. The van der Waals surface area contributed by atoms with Gasteiger partial charge in [0.2, 0.25) is 0 Å². The Balaban J connectivity index is 1.47. The van der Waals surface area contributed by atoms with Crippen LogP contribution in [0, 0.1) is 11.3 Å². The molecule has 1 aromatic heterocycles. The fourth-order valence-corrected chi connectivity index (χ4v) is 2.50. The van der Waals surface area contributed by atoms with Gasteiger partial charge in [-0.1, -0.05) is 6.92 Å². The molecule has 1 aliphatic heterocycles. The third-order valence-electron chi connectivity index (χ3n) is 4.11. The van der Waals surface area contributed by atoms with Crippen molar-refractivity contribution in [3.05, 3.63) is 23.7 Å². The van der Waals surface area contributed by atoms with Crippen molar-refractivity contribution in [1.29, 1.82) is 0 Å². The summed E-state index contributed by atoms with van der Waals surface area (Å²) in [5.41, 5.74) is -0.0690. The molecule has 0 amide bonds. The largest absolute Gasteiger partial charge is 0.464 e. The molecule has 0 spiro atoms. The lowest BCUT2D eigenvalue weighted by Gasteiger charge is -2.39. The normalized spacial score (nSPS) is 29.0. The van der Waals surface area contributed by atoms with Crippen LogP contribution in [-0.2, 0) is 11.3 Å². The Bertz CT molecular complexity index is 405. The molecule has 3 rings (SSSR count). The van der Waals surface area contributed by atoms with E-state index in [2.05, 4.69) is 24.4 Å². The summed E-state index contributed by atoms with van der Waals surface area (Å²) in [6, 6.07) is 4.15. The highest BCUT2D eigenvalue weighted by Crippen LogP contribution is 2.47. The number of rotatable bonds is 6. The molecule has 0 bridgehead atoms. The second kappa shape index (κ2) is 4.68. The molecule has 2 fully saturated rings. The Morgan fingerprint density at radius 1 is 1.44 bits per heavy atom. The van der Waals surface area contributed by atoms with Gasteiger partial charge in [-0.15, -0.1) is 0 Å². The van der Waals surface area contributed by atoms with E-state index in [1.165, 1.54) is 6.42 Å². The maximum atomic E-state index is 9.30. The van der Waals surface area contributed by atoms with Crippen LogP contribution in [0.1, 0.15) is 30.8 Å². The van der Waals surface area contributed by atoms with Crippen molar-refractivity contribution in [3.63, 3.8) is 0 Å². The predicted molar refractivity (Wildman–Crippen MR) is 67.3 cm³/mol. The smallest absolute Gasteiger partial charge is 0.117 e. The molecule has 1 aromatic rings. The van der Waals surface area contributed by atoms with Gasteiger partial charge in [0, 0.05) is 12.5 Å². The van der Waals surface area contributed by atoms with Gasteiger partial charge in [-0.25, -0.2) is 0 Å². The molecule has 1 aliphatic carbocycles. The number of furan rings is 1. The topological polar surface area (TPSA) is 54.6 Å². The lowest BCUT2D eigenvalue weighted by Crippen LogP contribution is -2.52. The first-order valence-corrected chi connectivity index (χ1v) is 6.70. The molecule has 2 aliphatic rings. The van der Waals surface area contributed by atoms with E-state index in [1.54, 1.807) is 0 Å². The minimum atomic E-state index is -0.0690. The van der Waals surface area contributed by atoms with Crippen LogP contribution >= 0.6 is 0 Å². The van der Waals surface area contributed by atoms with Crippen molar-refractivity contribution in [1.82, 2.24) is 5.32 Å². The minimum absolute atomic E-state index is 0.0690.